The third kappa shape index (κ3) is 2.16. The summed E-state index contributed by atoms with van der Waals surface area (Å²) in [6, 6.07) is 1.94. The van der Waals surface area contributed by atoms with E-state index >= 15 is 0 Å². The smallest absolute Gasteiger partial charge is 0.216 e. The Kier molecular flexibility index (Phi) is 2.84. The van der Waals surface area contributed by atoms with Crippen LogP contribution in [0.25, 0.3) is 0 Å². The van der Waals surface area contributed by atoms with E-state index in [2.05, 4.69) is 35.6 Å². The Morgan fingerprint density at radius 1 is 1.31 bits per heavy atom. The molecule has 88 valence electrons. The van der Waals surface area contributed by atoms with E-state index in [9.17, 15) is 0 Å². The molecule has 0 spiro atoms. The van der Waals surface area contributed by atoms with E-state index in [0.717, 1.165) is 18.8 Å². The van der Waals surface area contributed by atoms with Gasteiger partial charge < -0.3 is 4.74 Å². The van der Waals surface area contributed by atoms with Crippen LogP contribution in [0.4, 0.5) is 0 Å². The van der Waals surface area contributed by atoms with Gasteiger partial charge in [-0.3, -0.25) is 4.90 Å². The standard InChI is InChI=1S/C12H19N3O/c1-12(2,3)15-6-9(7-15)10-5-11(16-4)14-8-13-10/h5,8-9H,6-7H2,1-4H3. The van der Waals surface area contributed by atoms with Crippen LogP contribution < -0.4 is 4.74 Å². The molecule has 0 radical (unpaired) electrons. The molecule has 1 fully saturated rings. The van der Waals surface area contributed by atoms with E-state index in [1.165, 1.54) is 0 Å². The fourth-order valence-corrected chi connectivity index (χ4v) is 1.90. The first-order valence-corrected chi connectivity index (χ1v) is 5.61. The third-order valence-electron chi connectivity index (χ3n) is 3.12. The number of aromatic nitrogens is 2. The molecule has 4 heteroatoms. The molecule has 1 aromatic rings. The SMILES string of the molecule is COc1cc(C2CN(C(C)(C)C)C2)ncn1. The molecule has 2 heterocycles. The number of hydrogen-bond donors (Lipinski definition) is 0. The van der Waals surface area contributed by atoms with Gasteiger partial charge in [0.2, 0.25) is 5.88 Å². The maximum absolute atomic E-state index is 5.10. The average molecular weight is 221 g/mol. The van der Waals surface area contributed by atoms with Crippen LogP contribution in [0.2, 0.25) is 0 Å². The van der Waals surface area contributed by atoms with Crippen LogP contribution in [0.15, 0.2) is 12.4 Å². The van der Waals surface area contributed by atoms with Crippen molar-refractivity contribution in [1.82, 2.24) is 14.9 Å². The summed E-state index contributed by atoms with van der Waals surface area (Å²) in [4.78, 5) is 10.8. The lowest BCUT2D eigenvalue weighted by molar-refractivity contribution is 0.0455. The van der Waals surface area contributed by atoms with Gasteiger partial charge in [0.05, 0.1) is 12.8 Å². The molecule has 16 heavy (non-hydrogen) atoms. The molecular weight excluding hydrogens is 202 g/mol. The minimum Gasteiger partial charge on any atom is -0.481 e. The highest BCUT2D eigenvalue weighted by Gasteiger charge is 2.35. The number of rotatable bonds is 2. The topological polar surface area (TPSA) is 38.2 Å². The Bertz CT molecular complexity index is 367. The largest absolute Gasteiger partial charge is 0.481 e. The molecule has 0 atom stereocenters. The second kappa shape index (κ2) is 4.01. The van der Waals surface area contributed by atoms with Crippen molar-refractivity contribution in [3.8, 4) is 5.88 Å². The van der Waals surface area contributed by atoms with Gasteiger partial charge in [0.1, 0.15) is 6.33 Å². The van der Waals surface area contributed by atoms with Crippen LogP contribution >= 0.6 is 0 Å². The fourth-order valence-electron chi connectivity index (χ4n) is 1.90. The number of methoxy groups -OCH3 is 1. The molecule has 0 saturated carbocycles. The molecule has 0 bridgehead atoms. The summed E-state index contributed by atoms with van der Waals surface area (Å²) in [5.41, 5.74) is 1.35. The van der Waals surface area contributed by atoms with Crippen molar-refractivity contribution in [2.75, 3.05) is 20.2 Å². The van der Waals surface area contributed by atoms with Gasteiger partial charge in [-0.1, -0.05) is 0 Å². The highest BCUT2D eigenvalue weighted by atomic mass is 16.5. The summed E-state index contributed by atoms with van der Waals surface area (Å²) in [7, 11) is 1.63. The van der Waals surface area contributed by atoms with E-state index in [1.54, 1.807) is 13.4 Å². The van der Waals surface area contributed by atoms with Gasteiger partial charge in [-0.05, 0) is 20.8 Å². The van der Waals surface area contributed by atoms with Crippen molar-refractivity contribution >= 4 is 0 Å². The van der Waals surface area contributed by atoms with E-state index in [-0.39, 0.29) is 5.54 Å². The Hall–Kier alpha value is -1.16. The van der Waals surface area contributed by atoms with Gasteiger partial charge in [0.25, 0.3) is 0 Å². The van der Waals surface area contributed by atoms with Gasteiger partial charge in [0, 0.05) is 30.6 Å². The first kappa shape index (κ1) is 11.3. The van der Waals surface area contributed by atoms with Gasteiger partial charge in [-0.15, -0.1) is 0 Å². The molecule has 1 aliphatic rings. The number of ether oxygens (including phenoxy) is 1. The molecule has 1 aliphatic heterocycles. The van der Waals surface area contributed by atoms with Crippen molar-refractivity contribution in [2.45, 2.75) is 32.2 Å². The average Bonchev–Trinajstić information content (AvgIpc) is 2.13. The minimum absolute atomic E-state index is 0.258. The molecule has 0 unspecified atom stereocenters. The van der Waals surface area contributed by atoms with Crippen LogP contribution in [0.5, 0.6) is 5.88 Å². The zero-order valence-corrected chi connectivity index (χ0v) is 10.4. The Morgan fingerprint density at radius 3 is 2.56 bits per heavy atom. The van der Waals surface area contributed by atoms with Crippen LogP contribution in [0.1, 0.15) is 32.4 Å². The van der Waals surface area contributed by atoms with Crippen molar-refractivity contribution in [3.63, 3.8) is 0 Å². The van der Waals surface area contributed by atoms with Crippen molar-refractivity contribution < 1.29 is 4.74 Å². The van der Waals surface area contributed by atoms with Crippen molar-refractivity contribution in [2.24, 2.45) is 0 Å². The molecule has 0 amide bonds. The van der Waals surface area contributed by atoms with Gasteiger partial charge in [0.15, 0.2) is 0 Å². The summed E-state index contributed by atoms with van der Waals surface area (Å²) >= 11 is 0. The van der Waals surface area contributed by atoms with Crippen molar-refractivity contribution in [3.05, 3.63) is 18.1 Å². The quantitative estimate of drug-likeness (QED) is 0.761. The predicted molar refractivity (Wildman–Crippen MR) is 62.7 cm³/mol. The van der Waals surface area contributed by atoms with Crippen LogP contribution in [0.3, 0.4) is 0 Å². The molecule has 0 aliphatic carbocycles. The first-order valence-electron chi connectivity index (χ1n) is 5.61. The first-order chi connectivity index (χ1) is 7.50. The lowest BCUT2D eigenvalue weighted by Gasteiger charge is -2.47. The Labute approximate surface area is 96.7 Å². The van der Waals surface area contributed by atoms with Crippen molar-refractivity contribution in [1.29, 1.82) is 0 Å². The monoisotopic (exact) mass is 221 g/mol. The van der Waals surface area contributed by atoms with E-state index in [4.69, 9.17) is 4.74 Å². The molecule has 2 rings (SSSR count). The normalized spacial score (nSPS) is 18.2. The summed E-state index contributed by atoms with van der Waals surface area (Å²) in [5.74, 6) is 1.18. The zero-order chi connectivity index (χ0) is 11.8. The summed E-state index contributed by atoms with van der Waals surface area (Å²) < 4.78 is 5.10. The van der Waals surface area contributed by atoms with Crippen LogP contribution in [-0.4, -0.2) is 40.6 Å². The van der Waals surface area contributed by atoms with Gasteiger partial charge in [-0.2, -0.15) is 0 Å². The van der Waals surface area contributed by atoms with Gasteiger partial charge in [-0.25, -0.2) is 9.97 Å². The number of likely N-dealkylation sites (tertiary alicyclic amines) is 1. The molecule has 0 N–H and O–H groups in total. The summed E-state index contributed by atoms with van der Waals surface area (Å²) in [6.45, 7) is 8.87. The van der Waals surface area contributed by atoms with E-state index < -0.39 is 0 Å². The zero-order valence-electron chi connectivity index (χ0n) is 10.4. The highest BCUT2D eigenvalue weighted by Crippen LogP contribution is 2.31. The van der Waals surface area contributed by atoms with Crippen LogP contribution in [-0.2, 0) is 0 Å². The second-order valence-electron chi connectivity index (χ2n) is 5.26. The second-order valence-corrected chi connectivity index (χ2v) is 5.26. The number of nitrogens with zero attached hydrogens (tertiary/aromatic N) is 3. The van der Waals surface area contributed by atoms with E-state index in [0.29, 0.717) is 11.8 Å². The van der Waals surface area contributed by atoms with Crippen LogP contribution in [0, 0.1) is 0 Å². The van der Waals surface area contributed by atoms with E-state index in [1.807, 2.05) is 6.07 Å². The molecule has 1 saturated heterocycles. The predicted octanol–water partition coefficient (Wildman–Crippen LogP) is 1.68. The molecule has 4 nitrogen and oxygen atoms in total. The summed E-state index contributed by atoms with van der Waals surface area (Å²) in [5, 5.41) is 0. The lowest BCUT2D eigenvalue weighted by atomic mass is 9.90. The molecule has 0 aromatic carbocycles. The molecular formula is C12H19N3O. The maximum Gasteiger partial charge on any atom is 0.216 e. The number of hydrogen-bond acceptors (Lipinski definition) is 4. The maximum atomic E-state index is 5.10. The molecule has 1 aromatic heterocycles. The highest BCUT2D eigenvalue weighted by molar-refractivity contribution is 5.20. The lowest BCUT2D eigenvalue weighted by Crippen LogP contribution is -2.54. The Balaban J connectivity index is 2.01. The van der Waals surface area contributed by atoms with Gasteiger partial charge >= 0.3 is 0 Å². The Morgan fingerprint density at radius 2 is 2.00 bits per heavy atom. The minimum atomic E-state index is 0.258. The fraction of sp³-hybridized carbons (Fsp3) is 0.667. The third-order valence-corrected chi connectivity index (χ3v) is 3.12. The summed E-state index contributed by atoms with van der Waals surface area (Å²) in [6.07, 6.45) is 1.58.